The molecule has 0 radical (unpaired) electrons. The maximum atomic E-state index is 6.20. The number of rotatable bonds is 3. The predicted molar refractivity (Wildman–Crippen MR) is 90.1 cm³/mol. The molecule has 3 aliphatic heterocycles. The Labute approximate surface area is 134 Å². The molecule has 120 valence electrons. The summed E-state index contributed by atoms with van der Waals surface area (Å²) in [6.07, 6.45) is 9.57. The van der Waals surface area contributed by atoms with E-state index in [1.807, 2.05) is 7.11 Å². The van der Waals surface area contributed by atoms with E-state index in [4.69, 9.17) is 4.74 Å². The summed E-state index contributed by atoms with van der Waals surface area (Å²) in [5, 5.41) is 0. The summed E-state index contributed by atoms with van der Waals surface area (Å²) in [5.41, 5.74) is 2.94. The van der Waals surface area contributed by atoms with Crippen LogP contribution in [0.25, 0.3) is 0 Å². The van der Waals surface area contributed by atoms with Gasteiger partial charge in [-0.25, -0.2) is 0 Å². The molecule has 3 heterocycles. The van der Waals surface area contributed by atoms with Crippen LogP contribution in [-0.4, -0.2) is 31.6 Å². The van der Waals surface area contributed by atoms with Crippen LogP contribution in [-0.2, 0) is 10.3 Å². The first-order valence-electron chi connectivity index (χ1n) is 9.20. The van der Waals surface area contributed by atoms with Crippen molar-refractivity contribution >= 4 is 0 Å². The van der Waals surface area contributed by atoms with E-state index in [1.54, 1.807) is 5.56 Å². The van der Waals surface area contributed by atoms with Gasteiger partial charge in [0, 0.05) is 13.7 Å². The van der Waals surface area contributed by atoms with E-state index >= 15 is 0 Å². The van der Waals surface area contributed by atoms with Crippen LogP contribution in [0.15, 0.2) is 24.3 Å². The molecule has 4 aliphatic rings. The maximum absolute atomic E-state index is 6.20. The molecule has 2 nitrogen and oxygen atoms in total. The number of piperidine rings is 3. The Morgan fingerprint density at radius 3 is 2.45 bits per heavy atom. The summed E-state index contributed by atoms with van der Waals surface area (Å²) < 4.78 is 6.20. The Hall–Kier alpha value is -0.860. The van der Waals surface area contributed by atoms with Crippen LogP contribution >= 0.6 is 0 Å². The van der Waals surface area contributed by atoms with Gasteiger partial charge in [-0.3, -0.25) is 0 Å². The second kappa shape index (κ2) is 5.98. The highest BCUT2D eigenvalue weighted by atomic mass is 16.5. The highest BCUT2D eigenvalue weighted by Crippen LogP contribution is 2.45. The Morgan fingerprint density at radius 1 is 1.05 bits per heavy atom. The van der Waals surface area contributed by atoms with Crippen LogP contribution in [0, 0.1) is 5.92 Å². The third kappa shape index (κ3) is 2.41. The number of fused-ring (bicyclic) bond motifs is 3. The minimum absolute atomic E-state index is 0.0544. The minimum Gasteiger partial charge on any atom is -0.372 e. The zero-order valence-corrected chi connectivity index (χ0v) is 13.9. The molecule has 5 rings (SSSR count). The molecule has 2 heteroatoms. The smallest absolute Gasteiger partial charge is 0.108 e. The summed E-state index contributed by atoms with van der Waals surface area (Å²) in [7, 11) is 1.93. The molecule has 1 aromatic carbocycles. The monoisotopic (exact) mass is 299 g/mol. The summed E-state index contributed by atoms with van der Waals surface area (Å²) in [5.74, 6) is 1.48. The zero-order valence-electron chi connectivity index (χ0n) is 13.9. The summed E-state index contributed by atoms with van der Waals surface area (Å²) >= 11 is 0. The van der Waals surface area contributed by atoms with E-state index < -0.39 is 0 Å². The van der Waals surface area contributed by atoms with Crippen molar-refractivity contribution in [2.45, 2.75) is 56.5 Å². The lowest BCUT2D eigenvalue weighted by Crippen LogP contribution is -2.58. The molecule has 0 amide bonds. The summed E-state index contributed by atoms with van der Waals surface area (Å²) in [6, 6.07) is 9.43. The zero-order chi connectivity index (χ0) is 15.0. The summed E-state index contributed by atoms with van der Waals surface area (Å²) in [4.78, 5) is 2.59. The van der Waals surface area contributed by atoms with Gasteiger partial charge in [0.1, 0.15) is 5.60 Å². The molecule has 1 atom stereocenters. The molecule has 22 heavy (non-hydrogen) atoms. The van der Waals surface area contributed by atoms with E-state index in [0.717, 1.165) is 12.5 Å². The van der Waals surface area contributed by atoms with Gasteiger partial charge in [0.2, 0.25) is 0 Å². The van der Waals surface area contributed by atoms with Gasteiger partial charge in [0.15, 0.2) is 0 Å². The third-order valence-corrected chi connectivity index (χ3v) is 6.52. The highest BCUT2D eigenvalue weighted by Gasteiger charge is 2.48. The second-order valence-corrected chi connectivity index (χ2v) is 7.60. The molecule has 1 saturated carbocycles. The molecule has 4 fully saturated rings. The Morgan fingerprint density at radius 2 is 1.82 bits per heavy atom. The number of nitrogens with zero attached hydrogens (tertiary/aromatic N) is 1. The van der Waals surface area contributed by atoms with E-state index in [9.17, 15) is 0 Å². The molecular weight excluding hydrogens is 270 g/mol. The van der Waals surface area contributed by atoms with Crippen LogP contribution < -0.4 is 0 Å². The fraction of sp³-hybridized carbons (Fsp3) is 0.700. The number of benzene rings is 1. The van der Waals surface area contributed by atoms with Crippen LogP contribution in [0.3, 0.4) is 0 Å². The largest absolute Gasteiger partial charge is 0.372 e. The van der Waals surface area contributed by atoms with Crippen LogP contribution in [0.1, 0.15) is 62.0 Å². The van der Waals surface area contributed by atoms with Gasteiger partial charge in [0.25, 0.3) is 0 Å². The standard InChI is InChI=1S/C20H29NO/c1-22-20(15-21-12-10-18(20)11-13-21)19-9-5-8-17(14-19)16-6-3-2-4-7-16/h5,8-9,14,16,18H,2-4,6-7,10-13,15H2,1H3. The average Bonchev–Trinajstić information content (AvgIpc) is 2.63. The van der Waals surface area contributed by atoms with Crippen LogP contribution in [0.4, 0.5) is 0 Å². The van der Waals surface area contributed by atoms with Crippen LogP contribution in [0.5, 0.6) is 0 Å². The first-order valence-corrected chi connectivity index (χ1v) is 9.20. The van der Waals surface area contributed by atoms with Gasteiger partial charge in [0.05, 0.1) is 0 Å². The van der Waals surface area contributed by atoms with Crippen LogP contribution in [0.2, 0.25) is 0 Å². The molecule has 1 unspecified atom stereocenters. The topological polar surface area (TPSA) is 12.5 Å². The Kier molecular flexibility index (Phi) is 4.00. The minimum atomic E-state index is -0.0544. The lowest BCUT2D eigenvalue weighted by Gasteiger charge is -2.52. The summed E-state index contributed by atoms with van der Waals surface area (Å²) in [6.45, 7) is 3.61. The van der Waals surface area contributed by atoms with Gasteiger partial charge in [-0.1, -0.05) is 43.5 Å². The molecule has 0 N–H and O–H groups in total. The van der Waals surface area contributed by atoms with Crippen molar-refractivity contribution in [1.29, 1.82) is 0 Å². The molecular formula is C20H29NO. The first-order chi connectivity index (χ1) is 10.8. The van der Waals surface area contributed by atoms with E-state index in [1.165, 1.54) is 63.6 Å². The maximum Gasteiger partial charge on any atom is 0.108 e. The number of hydrogen-bond donors (Lipinski definition) is 0. The first kappa shape index (κ1) is 14.7. The van der Waals surface area contributed by atoms with Gasteiger partial charge < -0.3 is 9.64 Å². The fourth-order valence-electron chi connectivity index (χ4n) is 5.19. The normalized spacial score (nSPS) is 35.7. The van der Waals surface area contributed by atoms with Crippen molar-refractivity contribution in [1.82, 2.24) is 4.90 Å². The highest BCUT2D eigenvalue weighted by molar-refractivity contribution is 5.33. The van der Waals surface area contributed by atoms with Crippen molar-refractivity contribution in [3.8, 4) is 0 Å². The van der Waals surface area contributed by atoms with Crippen molar-refractivity contribution in [2.24, 2.45) is 5.92 Å². The Balaban J connectivity index is 1.66. The van der Waals surface area contributed by atoms with Crippen molar-refractivity contribution < 1.29 is 4.74 Å². The van der Waals surface area contributed by atoms with Gasteiger partial charge in [-0.15, -0.1) is 0 Å². The second-order valence-electron chi connectivity index (χ2n) is 7.60. The molecule has 0 spiro atoms. The number of ether oxygens (including phenoxy) is 1. The lowest BCUT2D eigenvalue weighted by molar-refractivity contribution is -0.141. The number of hydrogen-bond acceptors (Lipinski definition) is 2. The molecule has 3 saturated heterocycles. The van der Waals surface area contributed by atoms with E-state index in [0.29, 0.717) is 5.92 Å². The van der Waals surface area contributed by atoms with Crippen molar-refractivity contribution in [3.63, 3.8) is 0 Å². The average molecular weight is 299 g/mol. The predicted octanol–water partition coefficient (Wildman–Crippen LogP) is 4.30. The molecule has 1 aromatic rings. The number of methoxy groups -OCH3 is 1. The van der Waals surface area contributed by atoms with Crippen molar-refractivity contribution in [3.05, 3.63) is 35.4 Å². The Bertz CT molecular complexity index is 514. The molecule has 1 aliphatic carbocycles. The third-order valence-electron chi connectivity index (χ3n) is 6.52. The fourth-order valence-corrected chi connectivity index (χ4v) is 5.19. The quantitative estimate of drug-likeness (QED) is 0.825. The van der Waals surface area contributed by atoms with Gasteiger partial charge in [-0.05, 0) is 61.7 Å². The van der Waals surface area contributed by atoms with E-state index in [2.05, 4.69) is 29.2 Å². The lowest BCUT2D eigenvalue weighted by atomic mass is 9.70. The van der Waals surface area contributed by atoms with E-state index in [-0.39, 0.29) is 5.60 Å². The molecule has 2 bridgehead atoms. The van der Waals surface area contributed by atoms with Gasteiger partial charge >= 0.3 is 0 Å². The molecule has 0 aromatic heterocycles. The SMILES string of the molecule is COC1(c2cccc(C3CCCCC3)c2)CN2CCC1CC2. The van der Waals surface area contributed by atoms with Crippen molar-refractivity contribution in [2.75, 3.05) is 26.7 Å². The van der Waals surface area contributed by atoms with Gasteiger partial charge in [-0.2, -0.15) is 0 Å².